The number of sulfonamides is 1. The molecule has 1 atom stereocenters. The van der Waals surface area contributed by atoms with Gasteiger partial charge in [0.15, 0.2) is 0 Å². The van der Waals surface area contributed by atoms with Crippen LogP contribution in [0.15, 0.2) is 29.2 Å². The lowest BCUT2D eigenvalue weighted by atomic mass is 10.2. The maximum atomic E-state index is 11.8. The summed E-state index contributed by atoms with van der Waals surface area (Å²) in [5, 5.41) is 11.2. The normalized spacial score (nSPS) is 12.8. The Labute approximate surface area is 106 Å². The second-order valence-electron chi connectivity index (χ2n) is 3.98. The number of urea groups is 1. The molecule has 0 fully saturated rings. The monoisotopic (exact) mass is 272 g/mol. The molecule has 0 aliphatic heterocycles. The van der Waals surface area contributed by atoms with Crippen molar-refractivity contribution in [3.05, 3.63) is 29.8 Å². The zero-order valence-electron chi connectivity index (χ0n) is 10.2. The Morgan fingerprint density at radius 2 is 1.89 bits per heavy atom. The van der Waals surface area contributed by atoms with E-state index in [0.717, 1.165) is 5.56 Å². The molecule has 1 aromatic rings. The Balaban J connectivity index is 2.70. The molecule has 0 aliphatic rings. The van der Waals surface area contributed by atoms with Crippen molar-refractivity contribution in [3.63, 3.8) is 0 Å². The van der Waals surface area contributed by atoms with Gasteiger partial charge >= 0.3 is 6.03 Å². The standard InChI is InChI=1S/C11H16N2O4S/c1-8-3-5-10(6-4-8)18(16,17)13-11(15)12-7-9(2)14/h3-6,9,14H,7H2,1-2H3,(H2,12,13,15). The molecule has 0 saturated carbocycles. The summed E-state index contributed by atoms with van der Waals surface area (Å²) in [6, 6.07) is 5.25. The van der Waals surface area contributed by atoms with E-state index in [1.54, 1.807) is 12.1 Å². The van der Waals surface area contributed by atoms with Crippen LogP contribution in [0, 0.1) is 6.92 Å². The van der Waals surface area contributed by atoms with Gasteiger partial charge in [-0.25, -0.2) is 17.9 Å². The lowest BCUT2D eigenvalue weighted by Gasteiger charge is -2.09. The average Bonchev–Trinajstić information content (AvgIpc) is 2.26. The molecular formula is C11H16N2O4S. The van der Waals surface area contributed by atoms with E-state index in [4.69, 9.17) is 5.11 Å². The third kappa shape index (κ3) is 4.34. The number of nitrogens with one attached hydrogen (secondary N) is 2. The molecule has 1 rings (SSSR count). The molecule has 1 unspecified atom stereocenters. The Morgan fingerprint density at radius 3 is 2.39 bits per heavy atom. The number of aliphatic hydroxyl groups excluding tert-OH is 1. The number of amides is 2. The SMILES string of the molecule is Cc1ccc(S(=O)(=O)NC(=O)NCC(C)O)cc1. The zero-order valence-corrected chi connectivity index (χ0v) is 11.0. The third-order valence-corrected chi connectivity index (χ3v) is 3.46. The smallest absolute Gasteiger partial charge is 0.328 e. The van der Waals surface area contributed by atoms with Crippen molar-refractivity contribution in [1.82, 2.24) is 10.0 Å². The predicted octanol–water partition coefficient (Wildman–Crippen LogP) is 0.364. The molecular weight excluding hydrogens is 256 g/mol. The average molecular weight is 272 g/mol. The van der Waals surface area contributed by atoms with E-state index in [1.807, 2.05) is 11.6 Å². The van der Waals surface area contributed by atoms with Crippen LogP contribution < -0.4 is 10.0 Å². The van der Waals surface area contributed by atoms with E-state index in [2.05, 4.69) is 5.32 Å². The minimum atomic E-state index is -3.87. The number of rotatable bonds is 4. The van der Waals surface area contributed by atoms with E-state index in [9.17, 15) is 13.2 Å². The van der Waals surface area contributed by atoms with Crippen molar-refractivity contribution in [2.75, 3.05) is 6.54 Å². The molecule has 0 radical (unpaired) electrons. The fourth-order valence-corrected chi connectivity index (χ4v) is 2.10. The Morgan fingerprint density at radius 1 is 1.33 bits per heavy atom. The quantitative estimate of drug-likeness (QED) is 0.737. The van der Waals surface area contributed by atoms with Crippen LogP contribution in [0.2, 0.25) is 0 Å². The number of benzene rings is 1. The van der Waals surface area contributed by atoms with Gasteiger partial charge in [0.1, 0.15) is 0 Å². The summed E-state index contributed by atoms with van der Waals surface area (Å²) in [6.07, 6.45) is -0.738. The maximum Gasteiger partial charge on any atom is 0.328 e. The van der Waals surface area contributed by atoms with Gasteiger partial charge < -0.3 is 10.4 Å². The van der Waals surface area contributed by atoms with Crippen molar-refractivity contribution >= 4 is 16.1 Å². The van der Waals surface area contributed by atoms with Crippen LogP contribution in [-0.2, 0) is 10.0 Å². The van der Waals surface area contributed by atoms with Crippen molar-refractivity contribution in [2.45, 2.75) is 24.8 Å². The van der Waals surface area contributed by atoms with Crippen molar-refractivity contribution in [3.8, 4) is 0 Å². The molecule has 0 saturated heterocycles. The third-order valence-electron chi connectivity index (χ3n) is 2.12. The van der Waals surface area contributed by atoms with Gasteiger partial charge in [0.25, 0.3) is 10.0 Å². The highest BCUT2D eigenvalue weighted by Crippen LogP contribution is 2.09. The number of aryl methyl sites for hydroxylation is 1. The largest absolute Gasteiger partial charge is 0.392 e. The second kappa shape index (κ2) is 5.83. The van der Waals surface area contributed by atoms with Gasteiger partial charge in [-0.05, 0) is 26.0 Å². The first-order valence-corrected chi connectivity index (χ1v) is 6.85. The molecule has 0 spiro atoms. The topological polar surface area (TPSA) is 95.5 Å². The summed E-state index contributed by atoms with van der Waals surface area (Å²) in [6.45, 7) is 3.29. The molecule has 0 aromatic heterocycles. The van der Waals surface area contributed by atoms with Crippen LogP contribution in [0.1, 0.15) is 12.5 Å². The lowest BCUT2D eigenvalue weighted by molar-refractivity contribution is 0.189. The lowest BCUT2D eigenvalue weighted by Crippen LogP contribution is -2.41. The van der Waals surface area contributed by atoms with Gasteiger partial charge in [-0.1, -0.05) is 17.7 Å². The van der Waals surface area contributed by atoms with Gasteiger partial charge in [0.2, 0.25) is 0 Å². The zero-order chi connectivity index (χ0) is 13.8. The van der Waals surface area contributed by atoms with Gasteiger partial charge in [-0.2, -0.15) is 0 Å². The number of carbonyl (C=O) groups excluding carboxylic acids is 1. The van der Waals surface area contributed by atoms with Crippen LogP contribution >= 0.6 is 0 Å². The first-order chi connectivity index (χ1) is 8.31. The van der Waals surface area contributed by atoms with Crippen molar-refractivity contribution < 1.29 is 18.3 Å². The van der Waals surface area contributed by atoms with E-state index in [1.165, 1.54) is 19.1 Å². The van der Waals surface area contributed by atoms with Crippen LogP contribution in [0.25, 0.3) is 0 Å². The van der Waals surface area contributed by atoms with Crippen molar-refractivity contribution in [2.24, 2.45) is 0 Å². The second-order valence-corrected chi connectivity index (χ2v) is 5.66. The molecule has 6 nitrogen and oxygen atoms in total. The fourth-order valence-electron chi connectivity index (χ4n) is 1.17. The summed E-state index contributed by atoms with van der Waals surface area (Å²) in [7, 11) is -3.87. The number of hydrogen-bond acceptors (Lipinski definition) is 4. The van der Waals surface area contributed by atoms with Crippen LogP contribution in [-0.4, -0.2) is 32.2 Å². The van der Waals surface area contributed by atoms with Crippen LogP contribution in [0.3, 0.4) is 0 Å². The first kappa shape index (κ1) is 14.5. The number of carbonyl (C=O) groups is 1. The summed E-state index contributed by atoms with van der Waals surface area (Å²) in [5.41, 5.74) is 0.924. The first-order valence-electron chi connectivity index (χ1n) is 5.36. The van der Waals surface area contributed by atoms with E-state index < -0.39 is 22.2 Å². The molecule has 1 aromatic carbocycles. The Bertz CT molecular complexity index is 508. The predicted molar refractivity (Wildman–Crippen MR) is 66.6 cm³/mol. The van der Waals surface area contributed by atoms with E-state index in [-0.39, 0.29) is 11.4 Å². The number of hydrogen-bond donors (Lipinski definition) is 3. The Kier molecular flexibility index (Phi) is 4.69. The molecule has 2 amide bonds. The molecule has 18 heavy (non-hydrogen) atoms. The van der Waals surface area contributed by atoms with E-state index >= 15 is 0 Å². The highest BCUT2D eigenvalue weighted by Gasteiger charge is 2.17. The molecule has 7 heteroatoms. The summed E-state index contributed by atoms with van der Waals surface area (Å²) >= 11 is 0. The van der Waals surface area contributed by atoms with Crippen molar-refractivity contribution in [1.29, 1.82) is 0 Å². The van der Waals surface area contributed by atoms with Crippen LogP contribution in [0.5, 0.6) is 0 Å². The van der Waals surface area contributed by atoms with Gasteiger partial charge in [-0.15, -0.1) is 0 Å². The van der Waals surface area contributed by atoms with Gasteiger partial charge in [-0.3, -0.25) is 0 Å². The summed E-state index contributed by atoms with van der Waals surface area (Å²) < 4.78 is 25.4. The van der Waals surface area contributed by atoms with Gasteiger partial charge in [0.05, 0.1) is 11.0 Å². The minimum absolute atomic E-state index is 0.0142. The molecule has 0 heterocycles. The summed E-state index contributed by atoms with van der Waals surface area (Å²) in [5.74, 6) is 0. The Hall–Kier alpha value is -1.60. The maximum absolute atomic E-state index is 11.8. The number of aliphatic hydroxyl groups is 1. The van der Waals surface area contributed by atoms with E-state index in [0.29, 0.717) is 0 Å². The molecule has 3 N–H and O–H groups in total. The van der Waals surface area contributed by atoms with Gasteiger partial charge in [0, 0.05) is 6.54 Å². The molecule has 0 bridgehead atoms. The molecule has 0 aliphatic carbocycles. The van der Waals surface area contributed by atoms with Crippen LogP contribution in [0.4, 0.5) is 4.79 Å². The highest BCUT2D eigenvalue weighted by molar-refractivity contribution is 7.90. The molecule has 100 valence electrons. The minimum Gasteiger partial charge on any atom is -0.392 e. The fraction of sp³-hybridized carbons (Fsp3) is 0.364. The highest BCUT2D eigenvalue weighted by atomic mass is 32.2. The summed E-state index contributed by atoms with van der Waals surface area (Å²) in [4.78, 5) is 11.3.